The number of thiazole rings is 1. The Labute approximate surface area is 484 Å². The molecule has 2 amide bonds. The van der Waals surface area contributed by atoms with Crippen molar-refractivity contribution in [2.75, 3.05) is 17.7 Å². The molecule has 0 spiro atoms. The van der Waals surface area contributed by atoms with Crippen LogP contribution in [0.1, 0.15) is 78.8 Å². The molecule has 14 nitrogen and oxygen atoms in total. The van der Waals surface area contributed by atoms with Crippen LogP contribution in [0.25, 0.3) is 6.08 Å². The summed E-state index contributed by atoms with van der Waals surface area (Å²) in [7, 11) is 0. The van der Waals surface area contributed by atoms with E-state index in [9.17, 15) is 14.4 Å². The number of nitrogens with zero attached hydrogens (tertiary/aromatic N) is 4. The normalized spacial score (nSPS) is 15.9. The second-order valence-electron chi connectivity index (χ2n) is 20.7. The third-order valence-electron chi connectivity index (χ3n) is 13.9. The van der Waals surface area contributed by atoms with Gasteiger partial charge in [0.15, 0.2) is 10.8 Å². The third kappa shape index (κ3) is 12.3. The van der Waals surface area contributed by atoms with Crippen molar-refractivity contribution in [3.05, 3.63) is 274 Å². The number of benzene rings is 6. The lowest BCUT2D eigenvalue weighted by Gasteiger charge is -2.49. The highest BCUT2D eigenvalue weighted by Crippen LogP contribution is 2.44. The fraction of sp³-hybridized carbons (Fsp3) is 0.197. The predicted molar refractivity (Wildman–Crippen MR) is 319 cm³/mol. The van der Waals surface area contributed by atoms with Gasteiger partial charge in [0.25, 0.3) is 11.8 Å². The summed E-state index contributed by atoms with van der Waals surface area (Å²) in [6, 6.07) is 61.7. The Kier molecular flexibility index (Phi) is 17.2. The molecule has 2 aromatic heterocycles. The van der Waals surface area contributed by atoms with Gasteiger partial charge in [-0.2, -0.15) is 0 Å². The van der Waals surface area contributed by atoms with Crippen LogP contribution >= 0.6 is 23.1 Å². The van der Waals surface area contributed by atoms with E-state index in [1.807, 2.05) is 172 Å². The molecule has 8 aromatic rings. The number of allylic oxidation sites excluding steroid dienone is 1. The van der Waals surface area contributed by atoms with Crippen molar-refractivity contribution in [1.29, 1.82) is 0 Å². The standard InChI is InChI=1S/C66H60N6O8S2/c1-45(79-63(76)77-41-39-64(2,3)4)78-61(75)57-47(38-37-46-24-23-40-67-42-46)43-81-60-56(59(74)72(57)60)69-58(73)55(71-80-66(51-31-17-8-18-32-51,52-33-19-9-20-34-52)53-35-21-10-22-36-53)54-44-82-62(68-54)70-65(48-25-11-5-12-26-48,49-27-13-6-14-28-49)50-29-15-7-16-30-50/h5-38,40,42,44-45,56,60H,39,41,43H2,1-4H3,(H,68,70)(H,69,73)/b38-37-,71-55+/t45?,56-,60-/m1/s1. The molecule has 414 valence electrons. The van der Waals surface area contributed by atoms with Gasteiger partial charge < -0.3 is 29.7 Å². The number of nitrogens with one attached hydrogen (secondary N) is 2. The number of rotatable bonds is 20. The number of hydrogen-bond donors (Lipinski definition) is 2. The lowest BCUT2D eigenvalue weighted by atomic mass is 9.77. The number of carbonyl (C=O) groups excluding carboxylic acids is 4. The fourth-order valence-electron chi connectivity index (χ4n) is 9.86. The molecule has 1 saturated heterocycles. The molecule has 2 N–H and O–H groups in total. The number of ether oxygens (including phenoxy) is 3. The largest absolute Gasteiger partial charge is 0.511 e. The van der Waals surface area contributed by atoms with E-state index in [4.69, 9.17) is 29.2 Å². The Morgan fingerprint density at radius 3 is 1.73 bits per heavy atom. The molecule has 3 atom stereocenters. The minimum atomic E-state index is -1.40. The first-order chi connectivity index (χ1) is 39.8. The van der Waals surface area contributed by atoms with Crippen LogP contribution in [0.2, 0.25) is 0 Å². The average Bonchev–Trinajstić information content (AvgIpc) is 1.67. The van der Waals surface area contributed by atoms with E-state index in [1.54, 1.807) is 36.0 Å². The monoisotopic (exact) mass is 1130 g/mol. The zero-order chi connectivity index (χ0) is 57.1. The maximum absolute atomic E-state index is 15.4. The predicted octanol–water partition coefficient (Wildman–Crippen LogP) is 12.5. The first kappa shape index (κ1) is 56.2. The van der Waals surface area contributed by atoms with Crippen LogP contribution in [0.4, 0.5) is 9.93 Å². The van der Waals surface area contributed by atoms with Gasteiger partial charge in [0, 0.05) is 47.1 Å². The van der Waals surface area contributed by atoms with Gasteiger partial charge in [-0.05, 0) is 45.7 Å². The number of amides is 2. The van der Waals surface area contributed by atoms with Gasteiger partial charge in [-0.25, -0.2) is 14.6 Å². The Morgan fingerprint density at radius 1 is 0.707 bits per heavy atom. The zero-order valence-corrected chi connectivity index (χ0v) is 47.2. The molecule has 6 aromatic carbocycles. The number of carbonyl (C=O) groups is 4. The van der Waals surface area contributed by atoms with Crippen molar-refractivity contribution in [1.82, 2.24) is 20.2 Å². The van der Waals surface area contributed by atoms with Crippen LogP contribution in [0.5, 0.6) is 0 Å². The number of hydrogen-bond acceptors (Lipinski definition) is 14. The Balaban J connectivity index is 1.02. The minimum Gasteiger partial charge on any atom is -0.434 e. The van der Waals surface area contributed by atoms with Crippen LogP contribution in [0, 0.1) is 5.41 Å². The van der Waals surface area contributed by atoms with Crippen LogP contribution in [0.15, 0.2) is 234 Å². The summed E-state index contributed by atoms with van der Waals surface area (Å²) < 4.78 is 16.3. The van der Waals surface area contributed by atoms with Crippen molar-refractivity contribution in [2.45, 2.75) is 63.0 Å². The van der Waals surface area contributed by atoms with Gasteiger partial charge in [0.05, 0.1) is 6.61 Å². The fourth-order valence-corrected chi connectivity index (χ4v) is 11.9. The zero-order valence-electron chi connectivity index (χ0n) is 45.6. The summed E-state index contributed by atoms with van der Waals surface area (Å²) in [5, 5.41) is 13.1. The van der Waals surface area contributed by atoms with Crippen molar-refractivity contribution in [3.63, 3.8) is 0 Å². The third-order valence-corrected chi connectivity index (χ3v) is 16.0. The first-order valence-corrected chi connectivity index (χ1v) is 28.7. The van der Waals surface area contributed by atoms with Crippen molar-refractivity contribution in [3.8, 4) is 0 Å². The van der Waals surface area contributed by atoms with Crippen LogP contribution < -0.4 is 10.6 Å². The molecule has 10 rings (SSSR count). The quantitative estimate of drug-likeness (QED) is 0.0185. The van der Waals surface area contributed by atoms with E-state index in [1.165, 1.54) is 34.9 Å². The van der Waals surface area contributed by atoms with E-state index in [0.717, 1.165) is 38.9 Å². The number of aromatic nitrogens is 2. The molecule has 16 heteroatoms. The molecule has 2 aliphatic rings. The molecule has 0 saturated carbocycles. The van der Waals surface area contributed by atoms with E-state index in [-0.39, 0.29) is 34.9 Å². The summed E-state index contributed by atoms with van der Waals surface area (Å²) >= 11 is 2.63. The van der Waals surface area contributed by atoms with Gasteiger partial charge in [-0.15, -0.1) is 23.1 Å². The molecule has 2 aliphatic heterocycles. The summed E-state index contributed by atoms with van der Waals surface area (Å²) in [6.07, 6.45) is 5.01. The summed E-state index contributed by atoms with van der Waals surface area (Å²) in [5.41, 5.74) is 3.66. The van der Waals surface area contributed by atoms with Gasteiger partial charge in [-0.1, -0.05) is 226 Å². The van der Waals surface area contributed by atoms with Crippen molar-refractivity contribution in [2.24, 2.45) is 10.6 Å². The van der Waals surface area contributed by atoms with Crippen molar-refractivity contribution < 1.29 is 38.2 Å². The maximum atomic E-state index is 15.4. The Bertz CT molecular complexity index is 3390. The van der Waals surface area contributed by atoms with Gasteiger partial charge in [0.2, 0.25) is 11.9 Å². The van der Waals surface area contributed by atoms with E-state index < -0.39 is 52.8 Å². The second kappa shape index (κ2) is 25.1. The number of β-lactam (4-membered cyclic amide) rings is 1. The molecule has 1 fully saturated rings. The first-order valence-electron chi connectivity index (χ1n) is 26.8. The van der Waals surface area contributed by atoms with Crippen LogP contribution in [0.3, 0.4) is 0 Å². The lowest BCUT2D eigenvalue weighted by Crippen LogP contribution is -2.71. The number of esters is 1. The topological polar surface area (TPSA) is 171 Å². The molecule has 82 heavy (non-hydrogen) atoms. The smallest absolute Gasteiger partial charge is 0.434 e. The van der Waals surface area contributed by atoms with Crippen LogP contribution in [-0.2, 0) is 44.6 Å². The Hall–Kier alpha value is -9.12. The molecule has 0 radical (unpaired) electrons. The highest BCUT2D eigenvalue weighted by molar-refractivity contribution is 8.00. The number of anilines is 1. The van der Waals surface area contributed by atoms with Crippen molar-refractivity contribution >= 4 is 64.0 Å². The number of fused-ring (bicyclic) bond motifs is 1. The average molecular weight is 1130 g/mol. The van der Waals surface area contributed by atoms with Gasteiger partial charge in [-0.3, -0.25) is 19.5 Å². The number of thioether (sulfide) groups is 1. The van der Waals surface area contributed by atoms with Crippen LogP contribution in [-0.4, -0.2) is 74.6 Å². The maximum Gasteiger partial charge on any atom is 0.511 e. The van der Waals surface area contributed by atoms with E-state index >= 15 is 4.79 Å². The highest BCUT2D eigenvalue weighted by Gasteiger charge is 2.55. The molecular formula is C66H60N6O8S2. The second-order valence-corrected chi connectivity index (χ2v) is 22.6. The lowest BCUT2D eigenvalue weighted by molar-refractivity contribution is -0.169. The summed E-state index contributed by atoms with van der Waals surface area (Å²) in [4.78, 5) is 74.8. The van der Waals surface area contributed by atoms with E-state index in [0.29, 0.717) is 17.1 Å². The van der Waals surface area contributed by atoms with E-state index in [2.05, 4.69) is 52.0 Å². The molecular weight excluding hydrogens is 1070 g/mol. The van der Waals surface area contributed by atoms with Gasteiger partial charge >= 0.3 is 12.1 Å². The number of oxime groups is 1. The molecule has 1 unspecified atom stereocenters. The summed E-state index contributed by atoms with van der Waals surface area (Å²) in [6.45, 7) is 7.55. The SMILES string of the molecule is CC(OC(=O)OCCC(C)(C)C)OC(=O)C1=C(/C=C\c2cccnc2)CS[C@@H]2[C@H](NC(=O)/C(=N/OC(c3ccccc3)(c3ccccc3)c3ccccc3)c3csc(NC(c4ccccc4)(c4ccccc4)c4ccccc4)n3)C(=O)N12. The molecule has 0 bridgehead atoms. The molecule has 0 aliphatic carbocycles. The minimum absolute atomic E-state index is 0.0690. The van der Waals surface area contributed by atoms with Gasteiger partial charge in [0.1, 0.15) is 28.3 Å². The summed E-state index contributed by atoms with van der Waals surface area (Å²) in [5.74, 6) is -2.04. The Morgan fingerprint density at radius 2 is 1.23 bits per heavy atom. The highest BCUT2D eigenvalue weighted by atomic mass is 32.2. The number of pyridine rings is 1. The molecule has 4 heterocycles.